The lowest BCUT2D eigenvalue weighted by atomic mass is 10.0. The summed E-state index contributed by atoms with van der Waals surface area (Å²) in [5.74, 6) is 0.408. The molecule has 0 unspecified atom stereocenters. The van der Waals surface area contributed by atoms with Gasteiger partial charge in [-0.25, -0.2) is 0 Å². The molecular weight excluding hydrogens is 358 g/mol. The number of nitrogens with zero attached hydrogens (tertiary/aromatic N) is 2. The molecule has 1 amide bonds. The van der Waals surface area contributed by atoms with Gasteiger partial charge in [-0.05, 0) is 66.8 Å². The standard InChI is InChI=1S/C25H21N3O/c29-25(22-16-24(19-7-8-19)28-23-4-2-1-3-21(22)23)27-20-9-5-17(6-10-20)15-18-11-13-26-14-12-18/h1-6,9-14,16,19H,7-8,15H2,(H,27,29). The lowest BCUT2D eigenvalue weighted by Gasteiger charge is -2.11. The van der Waals surface area contributed by atoms with Crippen LogP contribution >= 0.6 is 0 Å². The van der Waals surface area contributed by atoms with Crippen molar-refractivity contribution >= 4 is 22.5 Å². The summed E-state index contributed by atoms with van der Waals surface area (Å²) >= 11 is 0. The molecule has 0 aliphatic heterocycles. The van der Waals surface area contributed by atoms with Crippen LogP contribution in [0, 0.1) is 0 Å². The molecule has 1 aliphatic carbocycles. The molecule has 2 heterocycles. The van der Waals surface area contributed by atoms with Crippen LogP contribution < -0.4 is 5.32 Å². The summed E-state index contributed by atoms with van der Waals surface area (Å²) in [6.07, 6.45) is 6.77. The van der Waals surface area contributed by atoms with Crippen LogP contribution in [0.3, 0.4) is 0 Å². The zero-order valence-electron chi connectivity index (χ0n) is 16.0. The fraction of sp³-hybridized carbons (Fsp3) is 0.160. The Morgan fingerprint density at radius 2 is 1.66 bits per heavy atom. The van der Waals surface area contributed by atoms with Gasteiger partial charge in [0.25, 0.3) is 5.91 Å². The molecule has 0 bridgehead atoms. The van der Waals surface area contributed by atoms with Crippen LogP contribution in [0.4, 0.5) is 5.69 Å². The van der Waals surface area contributed by atoms with Gasteiger partial charge in [-0.2, -0.15) is 0 Å². The van der Waals surface area contributed by atoms with Crippen LogP contribution in [-0.2, 0) is 6.42 Å². The maximum Gasteiger partial charge on any atom is 0.256 e. The van der Waals surface area contributed by atoms with E-state index in [0.717, 1.165) is 41.5 Å². The first-order valence-corrected chi connectivity index (χ1v) is 9.95. The molecule has 142 valence electrons. The molecule has 4 heteroatoms. The maximum atomic E-state index is 13.1. The molecule has 0 spiro atoms. The Morgan fingerprint density at radius 3 is 2.41 bits per heavy atom. The minimum atomic E-state index is -0.0904. The largest absolute Gasteiger partial charge is 0.322 e. The number of rotatable bonds is 5. The van der Waals surface area contributed by atoms with E-state index in [1.54, 1.807) is 12.4 Å². The van der Waals surface area contributed by atoms with Crippen molar-refractivity contribution in [3.63, 3.8) is 0 Å². The summed E-state index contributed by atoms with van der Waals surface area (Å²) in [5, 5.41) is 3.94. The normalized spacial score (nSPS) is 13.4. The van der Waals surface area contributed by atoms with Gasteiger partial charge < -0.3 is 5.32 Å². The third-order valence-electron chi connectivity index (χ3n) is 5.35. The van der Waals surface area contributed by atoms with Crippen LogP contribution in [0.5, 0.6) is 0 Å². The summed E-state index contributed by atoms with van der Waals surface area (Å²) in [4.78, 5) is 21.9. The SMILES string of the molecule is O=C(Nc1ccc(Cc2ccncc2)cc1)c1cc(C2CC2)nc2ccccc12. The molecule has 1 fully saturated rings. The highest BCUT2D eigenvalue weighted by atomic mass is 16.1. The van der Waals surface area contributed by atoms with Crippen molar-refractivity contribution in [1.82, 2.24) is 9.97 Å². The molecule has 29 heavy (non-hydrogen) atoms. The predicted octanol–water partition coefficient (Wildman–Crippen LogP) is 5.35. The summed E-state index contributed by atoms with van der Waals surface area (Å²) in [5.41, 5.74) is 5.81. The Morgan fingerprint density at radius 1 is 0.931 bits per heavy atom. The van der Waals surface area contributed by atoms with Crippen LogP contribution in [0.1, 0.15) is 45.9 Å². The van der Waals surface area contributed by atoms with E-state index in [9.17, 15) is 4.79 Å². The van der Waals surface area contributed by atoms with Gasteiger partial charge in [-0.15, -0.1) is 0 Å². The van der Waals surface area contributed by atoms with E-state index >= 15 is 0 Å². The second kappa shape index (κ2) is 7.47. The van der Waals surface area contributed by atoms with Crippen molar-refractivity contribution in [2.24, 2.45) is 0 Å². The first kappa shape index (κ1) is 17.6. The van der Waals surface area contributed by atoms with Gasteiger partial charge in [-0.3, -0.25) is 14.8 Å². The number of carbonyl (C=O) groups excluding carboxylic acids is 1. The van der Waals surface area contributed by atoms with Crippen LogP contribution in [0.2, 0.25) is 0 Å². The number of anilines is 1. The van der Waals surface area contributed by atoms with Crippen molar-refractivity contribution in [2.75, 3.05) is 5.32 Å². The highest BCUT2D eigenvalue weighted by Crippen LogP contribution is 2.40. The highest BCUT2D eigenvalue weighted by molar-refractivity contribution is 6.12. The molecule has 0 saturated heterocycles. The van der Waals surface area contributed by atoms with Crippen LogP contribution in [-0.4, -0.2) is 15.9 Å². The minimum Gasteiger partial charge on any atom is -0.322 e. The molecule has 4 aromatic rings. The number of aromatic nitrogens is 2. The number of benzene rings is 2. The van der Waals surface area contributed by atoms with Crippen molar-refractivity contribution in [1.29, 1.82) is 0 Å². The topological polar surface area (TPSA) is 54.9 Å². The second-order valence-electron chi connectivity index (χ2n) is 7.57. The second-order valence-corrected chi connectivity index (χ2v) is 7.57. The highest BCUT2D eigenvalue weighted by Gasteiger charge is 2.26. The average molecular weight is 379 g/mol. The van der Waals surface area contributed by atoms with Crippen molar-refractivity contribution < 1.29 is 4.79 Å². The van der Waals surface area contributed by atoms with Crippen molar-refractivity contribution in [3.8, 4) is 0 Å². The van der Waals surface area contributed by atoms with Crippen molar-refractivity contribution in [3.05, 3.63) is 102 Å². The first-order valence-electron chi connectivity index (χ1n) is 9.95. The quantitative estimate of drug-likeness (QED) is 0.508. The van der Waals surface area contributed by atoms with Gasteiger partial charge in [0, 0.05) is 35.1 Å². The van der Waals surface area contributed by atoms with Gasteiger partial charge in [0.05, 0.1) is 11.1 Å². The number of hydrogen-bond acceptors (Lipinski definition) is 3. The van der Waals surface area contributed by atoms with Gasteiger partial charge in [0.15, 0.2) is 0 Å². The van der Waals surface area contributed by atoms with Gasteiger partial charge in [0.2, 0.25) is 0 Å². The zero-order chi connectivity index (χ0) is 19.6. The molecule has 2 aromatic heterocycles. The zero-order valence-corrected chi connectivity index (χ0v) is 16.0. The van der Waals surface area contributed by atoms with E-state index in [1.807, 2.05) is 54.6 Å². The Labute approximate surface area is 169 Å². The van der Waals surface area contributed by atoms with Crippen molar-refractivity contribution in [2.45, 2.75) is 25.2 Å². The van der Waals surface area contributed by atoms with Crippen LogP contribution in [0.25, 0.3) is 10.9 Å². The lowest BCUT2D eigenvalue weighted by Crippen LogP contribution is -2.13. The Balaban J connectivity index is 1.38. The van der Waals surface area contributed by atoms with E-state index < -0.39 is 0 Å². The monoisotopic (exact) mass is 379 g/mol. The Kier molecular flexibility index (Phi) is 4.53. The third kappa shape index (κ3) is 3.87. The molecule has 1 saturated carbocycles. The summed E-state index contributed by atoms with van der Waals surface area (Å²) in [6.45, 7) is 0. The Bertz CT molecular complexity index is 1170. The molecule has 0 radical (unpaired) electrons. The van der Waals surface area contributed by atoms with Gasteiger partial charge in [0.1, 0.15) is 0 Å². The van der Waals surface area contributed by atoms with Crippen LogP contribution in [0.15, 0.2) is 79.1 Å². The van der Waals surface area contributed by atoms with Gasteiger partial charge >= 0.3 is 0 Å². The first-order chi connectivity index (χ1) is 14.3. The fourth-order valence-corrected chi connectivity index (χ4v) is 3.61. The van der Waals surface area contributed by atoms with E-state index in [-0.39, 0.29) is 5.91 Å². The molecule has 4 nitrogen and oxygen atoms in total. The molecular formula is C25H21N3O. The number of hydrogen-bond donors (Lipinski definition) is 1. The number of pyridine rings is 2. The third-order valence-corrected chi connectivity index (χ3v) is 5.35. The molecule has 1 aliphatic rings. The van der Waals surface area contributed by atoms with E-state index in [1.165, 1.54) is 11.1 Å². The predicted molar refractivity (Wildman–Crippen MR) is 115 cm³/mol. The fourth-order valence-electron chi connectivity index (χ4n) is 3.61. The van der Waals surface area contributed by atoms with Gasteiger partial charge in [-0.1, -0.05) is 30.3 Å². The minimum absolute atomic E-state index is 0.0904. The maximum absolute atomic E-state index is 13.1. The smallest absolute Gasteiger partial charge is 0.256 e. The summed E-state index contributed by atoms with van der Waals surface area (Å²) in [7, 11) is 0. The number of fused-ring (bicyclic) bond motifs is 1. The van der Waals surface area contributed by atoms with E-state index in [0.29, 0.717) is 11.5 Å². The molecule has 2 aromatic carbocycles. The summed E-state index contributed by atoms with van der Waals surface area (Å²) < 4.78 is 0. The number of nitrogens with one attached hydrogen (secondary N) is 1. The molecule has 1 N–H and O–H groups in total. The summed E-state index contributed by atoms with van der Waals surface area (Å²) in [6, 6.07) is 21.9. The van der Waals surface area contributed by atoms with E-state index in [2.05, 4.69) is 22.4 Å². The number of amides is 1. The number of para-hydroxylation sites is 1. The molecule has 5 rings (SSSR count). The van der Waals surface area contributed by atoms with E-state index in [4.69, 9.17) is 4.98 Å². The molecule has 0 atom stereocenters. The lowest BCUT2D eigenvalue weighted by molar-refractivity contribution is 0.102. The average Bonchev–Trinajstić information content (AvgIpc) is 3.60. The Hall–Kier alpha value is -3.53. The number of carbonyl (C=O) groups is 1.